The van der Waals surface area contributed by atoms with Crippen molar-refractivity contribution in [3.05, 3.63) is 0 Å². The molecule has 0 aromatic carbocycles. The van der Waals surface area contributed by atoms with Crippen molar-refractivity contribution in [2.75, 3.05) is 6.61 Å². The lowest BCUT2D eigenvalue weighted by atomic mass is 10.0. The van der Waals surface area contributed by atoms with Crippen molar-refractivity contribution in [2.24, 2.45) is 16.8 Å². The minimum absolute atomic E-state index is 0.0915. The number of hydrogen-bond donors (Lipinski definition) is 2. The summed E-state index contributed by atoms with van der Waals surface area (Å²) >= 11 is 0. The molecule has 0 aromatic heterocycles. The average molecular weight is 257 g/mol. The first-order chi connectivity index (χ1) is 8.26. The fourth-order valence-electron chi connectivity index (χ4n) is 1.16. The van der Waals surface area contributed by atoms with Crippen LogP contribution in [0.15, 0.2) is 5.16 Å². The maximum absolute atomic E-state index is 11.5. The molecular weight excluding hydrogens is 230 g/mol. The van der Waals surface area contributed by atoms with E-state index in [1.807, 2.05) is 20.8 Å². The molecule has 5 nitrogen and oxygen atoms in total. The van der Waals surface area contributed by atoms with Crippen molar-refractivity contribution in [3.8, 4) is 0 Å². The number of carbonyl (C=O) groups is 1. The first-order valence-electron chi connectivity index (χ1n) is 6.52. The highest BCUT2D eigenvalue weighted by Gasteiger charge is 2.17. The van der Waals surface area contributed by atoms with Crippen LogP contribution in [0, 0.1) is 5.92 Å². The van der Waals surface area contributed by atoms with Gasteiger partial charge in [0.25, 0.3) is 5.91 Å². The van der Waals surface area contributed by atoms with Crippen LogP contribution in [0.5, 0.6) is 0 Å². The van der Waals surface area contributed by atoms with E-state index in [4.69, 9.17) is 10.6 Å². The summed E-state index contributed by atoms with van der Waals surface area (Å²) in [7, 11) is 0. The second-order valence-corrected chi connectivity index (χ2v) is 5.57. The van der Waals surface area contributed by atoms with Gasteiger partial charge in [-0.25, -0.2) is 0 Å². The molecule has 18 heavy (non-hydrogen) atoms. The van der Waals surface area contributed by atoms with Gasteiger partial charge in [-0.15, -0.1) is 0 Å². The second-order valence-electron chi connectivity index (χ2n) is 5.57. The number of nitrogens with zero attached hydrogens (tertiary/aromatic N) is 1. The van der Waals surface area contributed by atoms with Crippen molar-refractivity contribution < 1.29 is 9.63 Å². The molecule has 5 heteroatoms. The van der Waals surface area contributed by atoms with Gasteiger partial charge in [0.2, 0.25) is 0 Å². The average Bonchev–Trinajstić information content (AvgIpc) is 2.25. The van der Waals surface area contributed by atoms with Crippen molar-refractivity contribution >= 4 is 11.7 Å². The molecule has 0 spiro atoms. The van der Waals surface area contributed by atoms with E-state index in [1.165, 1.54) is 0 Å². The minimum atomic E-state index is -0.215. The van der Waals surface area contributed by atoms with Crippen LogP contribution in [-0.4, -0.2) is 23.9 Å². The van der Waals surface area contributed by atoms with Crippen LogP contribution >= 0.6 is 0 Å². The highest BCUT2D eigenvalue weighted by Crippen LogP contribution is 2.06. The molecule has 0 rings (SSSR count). The Morgan fingerprint density at radius 1 is 1.44 bits per heavy atom. The van der Waals surface area contributed by atoms with Crippen molar-refractivity contribution in [1.82, 2.24) is 5.32 Å². The molecule has 0 saturated carbocycles. The van der Waals surface area contributed by atoms with Gasteiger partial charge < -0.3 is 15.9 Å². The number of amidine groups is 1. The van der Waals surface area contributed by atoms with E-state index in [1.54, 1.807) is 0 Å². The number of carbonyl (C=O) groups excluding carboxylic acids is 1. The SMILES string of the molecule is CCC(C)(C)NC(=O)CO/N=C(\N)CCC(C)C. The third kappa shape index (κ3) is 8.84. The smallest absolute Gasteiger partial charge is 0.261 e. The summed E-state index contributed by atoms with van der Waals surface area (Å²) in [6.07, 6.45) is 2.52. The largest absolute Gasteiger partial charge is 0.384 e. The van der Waals surface area contributed by atoms with E-state index < -0.39 is 0 Å². The lowest BCUT2D eigenvalue weighted by Crippen LogP contribution is -2.44. The molecule has 0 unspecified atom stereocenters. The number of nitrogens with one attached hydrogen (secondary N) is 1. The Labute approximate surface area is 110 Å². The Hall–Kier alpha value is -1.26. The van der Waals surface area contributed by atoms with Crippen LogP contribution < -0.4 is 11.1 Å². The number of hydrogen-bond acceptors (Lipinski definition) is 3. The maximum Gasteiger partial charge on any atom is 0.261 e. The molecule has 0 aromatic rings. The molecule has 106 valence electrons. The van der Waals surface area contributed by atoms with E-state index in [0.29, 0.717) is 18.2 Å². The van der Waals surface area contributed by atoms with Crippen LogP contribution in [0.2, 0.25) is 0 Å². The molecule has 0 saturated heterocycles. The van der Waals surface area contributed by atoms with Gasteiger partial charge in [0.1, 0.15) is 5.84 Å². The van der Waals surface area contributed by atoms with E-state index >= 15 is 0 Å². The Balaban J connectivity index is 3.89. The minimum Gasteiger partial charge on any atom is -0.384 e. The van der Waals surface area contributed by atoms with Gasteiger partial charge in [-0.2, -0.15) is 0 Å². The van der Waals surface area contributed by atoms with E-state index in [-0.39, 0.29) is 18.1 Å². The molecule has 0 fully saturated rings. The van der Waals surface area contributed by atoms with Crippen LogP contribution in [0.1, 0.15) is 53.9 Å². The van der Waals surface area contributed by atoms with Crippen molar-refractivity contribution in [2.45, 2.75) is 59.4 Å². The van der Waals surface area contributed by atoms with Crippen LogP contribution in [0.3, 0.4) is 0 Å². The zero-order chi connectivity index (χ0) is 14.2. The maximum atomic E-state index is 11.5. The predicted molar refractivity (Wildman–Crippen MR) is 74.2 cm³/mol. The fraction of sp³-hybridized carbons (Fsp3) is 0.846. The molecular formula is C13H27N3O2. The summed E-state index contributed by atoms with van der Waals surface area (Å²) in [4.78, 5) is 16.4. The molecule has 0 radical (unpaired) electrons. The van der Waals surface area contributed by atoms with Crippen LogP contribution in [-0.2, 0) is 9.63 Å². The first kappa shape index (κ1) is 16.7. The topological polar surface area (TPSA) is 76.7 Å². The molecule has 0 aliphatic carbocycles. The Bertz CT molecular complexity index is 286. The van der Waals surface area contributed by atoms with Gasteiger partial charge in [0, 0.05) is 12.0 Å². The molecule has 1 amide bonds. The molecule has 0 bridgehead atoms. The van der Waals surface area contributed by atoms with Crippen molar-refractivity contribution in [3.63, 3.8) is 0 Å². The van der Waals surface area contributed by atoms with Crippen LogP contribution in [0.4, 0.5) is 0 Å². The van der Waals surface area contributed by atoms with Crippen LogP contribution in [0.25, 0.3) is 0 Å². The first-order valence-corrected chi connectivity index (χ1v) is 6.52. The normalized spacial score (nSPS) is 12.7. The molecule has 0 aliphatic rings. The summed E-state index contributed by atoms with van der Waals surface area (Å²) in [5.74, 6) is 0.834. The molecule has 0 aliphatic heterocycles. The monoisotopic (exact) mass is 257 g/mol. The third-order valence-electron chi connectivity index (χ3n) is 2.72. The van der Waals surface area contributed by atoms with E-state index in [0.717, 1.165) is 12.8 Å². The van der Waals surface area contributed by atoms with Gasteiger partial charge >= 0.3 is 0 Å². The fourth-order valence-corrected chi connectivity index (χ4v) is 1.16. The highest BCUT2D eigenvalue weighted by atomic mass is 16.6. The summed E-state index contributed by atoms with van der Waals surface area (Å²) in [6.45, 7) is 10.1. The third-order valence-corrected chi connectivity index (χ3v) is 2.72. The number of rotatable bonds is 8. The van der Waals surface area contributed by atoms with Gasteiger partial charge in [-0.05, 0) is 32.6 Å². The number of oxime groups is 1. The molecule has 0 atom stereocenters. The quantitative estimate of drug-likeness (QED) is 0.397. The lowest BCUT2D eigenvalue weighted by molar-refractivity contribution is -0.127. The molecule has 3 N–H and O–H groups in total. The summed E-state index contributed by atoms with van der Waals surface area (Å²) in [6, 6.07) is 0. The van der Waals surface area contributed by atoms with Gasteiger partial charge in [-0.1, -0.05) is 25.9 Å². The predicted octanol–water partition coefficient (Wildman–Crippen LogP) is 2.02. The Morgan fingerprint density at radius 2 is 2.06 bits per heavy atom. The van der Waals surface area contributed by atoms with Gasteiger partial charge in [0.15, 0.2) is 6.61 Å². The Kier molecular flexibility index (Phi) is 7.39. The summed E-state index contributed by atoms with van der Waals surface area (Å²) in [5, 5.41) is 6.58. The van der Waals surface area contributed by atoms with Gasteiger partial charge in [0.05, 0.1) is 0 Å². The zero-order valence-corrected chi connectivity index (χ0v) is 12.2. The van der Waals surface area contributed by atoms with Gasteiger partial charge in [-0.3, -0.25) is 4.79 Å². The second kappa shape index (κ2) is 7.95. The van der Waals surface area contributed by atoms with E-state index in [9.17, 15) is 4.79 Å². The summed E-state index contributed by atoms with van der Waals surface area (Å²) < 4.78 is 0. The Morgan fingerprint density at radius 3 is 2.56 bits per heavy atom. The summed E-state index contributed by atoms with van der Waals surface area (Å²) in [5.41, 5.74) is 5.44. The van der Waals surface area contributed by atoms with E-state index in [2.05, 4.69) is 24.3 Å². The molecule has 0 heterocycles. The number of nitrogens with two attached hydrogens (primary N) is 1. The number of amides is 1. The lowest BCUT2D eigenvalue weighted by Gasteiger charge is -2.23. The highest BCUT2D eigenvalue weighted by molar-refractivity contribution is 5.80. The zero-order valence-electron chi connectivity index (χ0n) is 12.2. The van der Waals surface area contributed by atoms with Crippen molar-refractivity contribution in [1.29, 1.82) is 0 Å². The standard InChI is InChI=1S/C13H27N3O2/c1-6-13(4,5)15-12(17)9-18-16-11(14)8-7-10(2)3/h10H,6-9H2,1-5H3,(H2,14,16)(H,15,17).